The summed E-state index contributed by atoms with van der Waals surface area (Å²) in [7, 11) is 3.22. The quantitative estimate of drug-likeness (QED) is 0.701. The van der Waals surface area contributed by atoms with Gasteiger partial charge in [0.05, 0.1) is 20.3 Å². The van der Waals surface area contributed by atoms with Crippen LogP contribution in [0.15, 0.2) is 18.2 Å². The normalized spacial score (nSPS) is 10.2. The number of nitrogens with one attached hydrogen (secondary N) is 1. The lowest BCUT2D eigenvalue weighted by Crippen LogP contribution is -2.27. The van der Waals surface area contributed by atoms with Gasteiger partial charge in [0.1, 0.15) is 0 Å². The molecular formula is C15H23NO4. The third kappa shape index (κ3) is 5.48. The number of carbonyl (C=O) groups is 1. The van der Waals surface area contributed by atoms with Gasteiger partial charge in [0.2, 0.25) is 5.91 Å². The van der Waals surface area contributed by atoms with Crippen LogP contribution in [0.3, 0.4) is 0 Å². The summed E-state index contributed by atoms with van der Waals surface area (Å²) in [6.45, 7) is 3.60. The predicted octanol–water partition coefficient (Wildman–Crippen LogP) is 1.79. The fourth-order valence-corrected chi connectivity index (χ4v) is 1.78. The number of aryl methyl sites for hydroxylation is 1. The van der Waals surface area contributed by atoms with E-state index in [1.54, 1.807) is 14.2 Å². The molecule has 0 unspecified atom stereocenters. The molecule has 5 heteroatoms. The molecule has 0 spiro atoms. The lowest BCUT2D eigenvalue weighted by molar-refractivity contribution is -0.121. The van der Waals surface area contributed by atoms with Gasteiger partial charge in [-0.2, -0.15) is 0 Å². The Morgan fingerprint density at radius 1 is 1.25 bits per heavy atom. The molecule has 0 heterocycles. The molecule has 0 atom stereocenters. The molecule has 1 aromatic carbocycles. The molecule has 0 radical (unpaired) electrons. The second-order valence-corrected chi connectivity index (χ2v) is 4.26. The van der Waals surface area contributed by atoms with E-state index in [1.165, 1.54) is 0 Å². The van der Waals surface area contributed by atoms with Crippen molar-refractivity contribution >= 4 is 5.91 Å². The van der Waals surface area contributed by atoms with Crippen molar-refractivity contribution in [2.75, 3.05) is 34.0 Å². The fourth-order valence-electron chi connectivity index (χ4n) is 1.78. The highest BCUT2D eigenvalue weighted by Crippen LogP contribution is 2.28. The molecule has 0 saturated heterocycles. The zero-order valence-corrected chi connectivity index (χ0v) is 12.4. The van der Waals surface area contributed by atoms with E-state index in [0.29, 0.717) is 38.3 Å². The average Bonchev–Trinajstić information content (AvgIpc) is 2.46. The Labute approximate surface area is 120 Å². The molecule has 0 aliphatic carbocycles. The van der Waals surface area contributed by atoms with Crippen molar-refractivity contribution in [3.8, 4) is 11.5 Å². The van der Waals surface area contributed by atoms with Crippen molar-refractivity contribution in [3.63, 3.8) is 0 Å². The molecule has 1 rings (SSSR count). The lowest BCUT2D eigenvalue weighted by Gasteiger charge is -2.11. The number of ether oxygens (including phenoxy) is 3. The Kier molecular flexibility index (Phi) is 7.50. The minimum absolute atomic E-state index is 0.0231. The van der Waals surface area contributed by atoms with Gasteiger partial charge in [-0.1, -0.05) is 6.07 Å². The molecule has 0 aliphatic heterocycles. The number of amides is 1. The van der Waals surface area contributed by atoms with Gasteiger partial charge >= 0.3 is 0 Å². The molecule has 112 valence electrons. The van der Waals surface area contributed by atoms with Gasteiger partial charge in [0.25, 0.3) is 0 Å². The number of hydrogen-bond acceptors (Lipinski definition) is 4. The van der Waals surface area contributed by atoms with Crippen LogP contribution < -0.4 is 14.8 Å². The van der Waals surface area contributed by atoms with E-state index in [-0.39, 0.29) is 5.91 Å². The van der Waals surface area contributed by atoms with Gasteiger partial charge in [-0.05, 0) is 31.0 Å². The van der Waals surface area contributed by atoms with E-state index in [2.05, 4.69) is 5.32 Å². The molecule has 20 heavy (non-hydrogen) atoms. The molecule has 1 amide bonds. The van der Waals surface area contributed by atoms with Crippen LogP contribution >= 0.6 is 0 Å². The first-order valence-corrected chi connectivity index (χ1v) is 6.76. The van der Waals surface area contributed by atoms with Crippen molar-refractivity contribution in [3.05, 3.63) is 23.8 Å². The summed E-state index contributed by atoms with van der Waals surface area (Å²) in [6.07, 6.45) is 1.11. The Balaban J connectivity index is 2.49. The molecular weight excluding hydrogens is 258 g/mol. The molecule has 0 aliphatic rings. The zero-order valence-electron chi connectivity index (χ0n) is 12.4. The summed E-state index contributed by atoms with van der Waals surface area (Å²) in [5.41, 5.74) is 1.05. The highest BCUT2D eigenvalue weighted by atomic mass is 16.5. The SMILES string of the molecule is CCOc1ccc(CCC(=O)NCCOC)cc1OC. The average molecular weight is 281 g/mol. The van der Waals surface area contributed by atoms with Crippen LogP contribution in [0.2, 0.25) is 0 Å². The summed E-state index contributed by atoms with van der Waals surface area (Å²) in [5, 5.41) is 2.79. The molecule has 0 aromatic heterocycles. The maximum absolute atomic E-state index is 11.6. The molecule has 0 bridgehead atoms. The van der Waals surface area contributed by atoms with Crippen molar-refractivity contribution < 1.29 is 19.0 Å². The molecule has 1 aromatic rings. The van der Waals surface area contributed by atoms with E-state index in [9.17, 15) is 4.79 Å². The third-order valence-corrected chi connectivity index (χ3v) is 2.80. The Hall–Kier alpha value is -1.75. The van der Waals surface area contributed by atoms with Crippen molar-refractivity contribution in [2.45, 2.75) is 19.8 Å². The number of methoxy groups -OCH3 is 2. The first-order chi connectivity index (χ1) is 9.71. The first kappa shape index (κ1) is 16.3. The predicted molar refractivity (Wildman–Crippen MR) is 77.4 cm³/mol. The van der Waals surface area contributed by atoms with E-state index in [1.807, 2.05) is 25.1 Å². The summed E-state index contributed by atoms with van der Waals surface area (Å²) in [5.74, 6) is 1.45. The number of benzene rings is 1. The largest absolute Gasteiger partial charge is 0.493 e. The topological polar surface area (TPSA) is 56.8 Å². The first-order valence-electron chi connectivity index (χ1n) is 6.76. The van der Waals surface area contributed by atoms with E-state index in [0.717, 1.165) is 11.3 Å². The van der Waals surface area contributed by atoms with Crippen molar-refractivity contribution in [1.82, 2.24) is 5.32 Å². The second-order valence-electron chi connectivity index (χ2n) is 4.26. The molecule has 0 fully saturated rings. The van der Waals surface area contributed by atoms with Crippen LogP contribution in [0, 0.1) is 0 Å². The minimum atomic E-state index is 0.0231. The van der Waals surface area contributed by atoms with Crippen LogP contribution in [0.5, 0.6) is 11.5 Å². The lowest BCUT2D eigenvalue weighted by atomic mass is 10.1. The van der Waals surface area contributed by atoms with E-state index in [4.69, 9.17) is 14.2 Å². The summed E-state index contributed by atoms with van der Waals surface area (Å²) < 4.78 is 15.6. The summed E-state index contributed by atoms with van der Waals surface area (Å²) >= 11 is 0. The monoisotopic (exact) mass is 281 g/mol. The zero-order chi connectivity index (χ0) is 14.8. The van der Waals surface area contributed by atoms with Gasteiger partial charge in [-0.3, -0.25) is 4.79 Å². The Bertz CT molecular complexity index is 420. The Morgan fingerprint density at radius 2 is 2.05 bits per heavy atom. The molecule has 5 nitrogen and oxygen atoms in total. The standard InChI is InChI=1S/C15H23NO4/c1-4-20-13-7-5-12(11-14(13)19-3)6-8-15(17)16-9-10-18-2/h5,7,11H,4,6,8-10H2,1-3H3,(H,16,17). The summed E-state index contributed by atoms with van der Waals surface area (Å²) in [6, 6.07) is 5.74. The van der Waals surface area contributed by atoms with Crippen LogP contribution in [-0.4, -0.2) is 39.9 Å². The Morgan fingerprint density at radius 3 is 2.70 bits per heavy atom. The maximum Gasteiger partial charge on any atom is 0.220 e. The van der Waals surface area contributed by atoms with Gasteiger partial charge in [-0.25, -0.2) is 0 Å². The highest BCUT2D eigenvalue weighted by Gasteiger charge is 2.07. The van der Waals surface area contributed by atoms with Gasteiger partial charge < -0.3 is 19.5 Å². The second kappa shape index (κ2) is 9.20. The summed E-state index contributed by atoms with van der Waals surface area (Å²) in [4.78, 5) is 11.6. The number of carbonyl (C=O) groups excluding carboxylic acids is 1. The van der Waals surface area contributed by atoms with Crippen LogP contribution in [0.4, 0.5) is 0 Å². The van der Waals surface area contributed by atoms with Crippen molar-refractivity contribution in [2.24, 2.45) is 0 Å². The fraction of sp³-hybridized carbons (Fsp3) is 0.533. The number of hydrogen-bond donors (Lipinski definition) is 1. The van der Waals surface area contributed by atoms with Crippen LogP contribution in [0.25, 0.3) is 0 Å². The number of rotatable bonds is 9. The van der Waals surface area contributed by atoms with Gasteiger partial charge in [-0.15, -0.1) is 0 Å². The minimum Gasteiger partial charge on any atom is -0.493 e. The highest BCUT2D eigenvalue weighted by molar-refractivity contribution is 5.76. The van der Waals surface area contributed by atoms with Crippen LogP contribution in [0.1, 0.15) is 18.9 Å². The molecule has 1 N–H and O–H groups in total. The van der Waals surface area contributed by atoms with Gasteiger partial charge in [0.15, 0.2) is 11.5 Å². The molecule has 0 saturated carbocycles. The smallest absolute Gasteiger partial charge is 0.220 e. The third-order valence-electron chi connectivity index (χ3n) is 2.80. The van der Waals surface area contributed by atoms with Crippen molar-refractivity contribution in [1.29, 1.82) is 0 Å². The van der Waals surface area contributed by atoms with Crippen LogP contribution in [-0.2, 0) is 16.0 Å². The maximum atomic E-state index is 11.6. The van der Waals surface area contributed by atoms with E-state index >= 15 is 0 Å². The van der Waals surface area contributed by atoms with E-state index < -0.39 is 0 Å². The van der Waals surface area contributed by atoms with Gasteiger partial charge in [0, 0.05) is 20.1 Å².